The van der Waals surface area contributed by atoms with Crippen molar-refractivity contribution < 1.29 is 10.2 Å². The summed E-state index contributed by atoms with van der Waals surface area (Å²) >= 11 is 0. The van der Waals surface area contributed by atoms with E-state index in [0.717, 1.165) is 6.42 Å². The van der Waals surface area contributed by atoms with Gasteiger partial charge in [-0.05, 0) is 6.42 Å². The highest BCUT2D eigenvalue weighted by molar-refractivity contribution is 4.48. The second kappa shape index (κ2) is 6.88. The van der Waals surface area contributed by atoms with Crippen LogP contribution in [0.4, 0.5) is 0 Å². The highest BCUT2D eigenvalue weighted by Crippen LogP contribution is 1.92. The molecule has 0 aliphatic heterocycles. The second-order valence-corrected chi connectivity index (χ2v) is 1.63. The van der Waals surface area contributed by atoms with Gasteiger partial charge in [0.1, 0.15) is 0 Å². The zero-order valence-electron chi connectivity index (χ0n) is 5.04. The summed E-state index contributed by atoms with van der Waals surface area (Å²) in [6.07, 6.45) is 1.14. The maximum Gasteiger partial charge on any atom is 0.0770 e. The summed E-state index contributed by atoms with van der Waals surface area (Å²) < 4.78 is 0. The molecule has 8 heavy (non-hydrogen) atoms. The molecule has 0 aliphatic carbocycles. The van der Waals surface area contributed by atoms with Crippen molar-refractivity contribution in [2.24, 2.45) is 0 Å². The number of rotatable bonds is 3. The smallest absolute Gasteiger partial charge is 0.0770 e. The first kappa shape index (κ1) is 10.8. The van der Waals surface area contributed by atoms with E-state index in [1.807, 2.05) is 6.92 Å². The van der Waals surface area contributed by atoms with Crippen molar-refractivity contribution in [3.63, 3.8) is 0 Å². The van der Waals surface area contributed by atoms with E-state index in [4.69, 9.17) is 10.2 Å². The number of aliphatic hydroxyl groups is 2. The number of hydrogen-bond donors (Lipinski definition) is 2. The molecule has 0 bridgehead atoms. The van der Waals surface area contributed by atoms with Gasteiger partial charge in [-0.25, -0.2) is 0 Å². The third-order valence-electron chi connectivity index (χ3n) is 0.833. The Balaban J connectivity index is 0. The maximum absolute atomic E-state index is 8.61. The van der Waals surface area contributed by atoms with Crippen molar-refractivity contribution in [3.05, 3.63) is 0 Å². The molecule has 3 nitrogen and oxygen atoms in total. The summed E-state index contributed by atoms with van der Waals surface area (Å²) in [7, 11) is 0. The van der Waals surface area contributed by atoms with Gasteiger partial charge in [0.05, 0.1) is 12.7 Å². The molecule has 0 aliphatic rings. The van der Waals surface area contributed by atoms with Crippen LogP contribution in [0, 0.1) is 0 Å². The third kappa shape index (κ3) is 5.88. The molecule has 0 aromatic rings. The van der Waals surface area contributed by atoms with Crippen molar-refractivity contribution in [3.8, 4) is 0 Å². The zero-order chi connectivity index (χ0) is 5.70. The number of aliphatic hydroxyl groups excluding tert-OH is 2. The van der Waals surface area contributed by atoms with Gasteiger partial charge in [-0.15, -0.1) is 0 Å². The van der Waals surface area contributed by atoms with E-state index >= 15 is 0 Å². The summed E-state index contributed by atoms with van der Waals surface area (Å²) in [5.74, 6) is 0. The minimum Gasteiger partial charge on any atom is -0.394 e. The van der Waals surface area contributed by atoms with Crippen LogP contribution >= 0.6 is 0 Å². The summed E-state index contributed by atoms with van der Waals surface area (Å²) in [4.78, 5) is 0. The largest absolute Gasteiger partial charge is 0.394 e. The fourth-order valence-corrected chi connectivity index (χ4v) is 0.425. The van der Waals surface area contributed by atoms with E-state index < -0.39 is 6.10 Å². The molecule has 0 saturated carbocycles. The molecule has 0 aromatic heterocycles. The lowest BCUT2D eigenvalue weighted by Crippen LogP contribution is -2.10. The highest BCUT2D eigenvalue weighted by Gasteiger charge is 1.95. The van der Waals surface area contributed by atoms with E-state index in [0.29, 0.717) is 6.42 Å². The number of hydrogen-bond acceptors (Lipinski definition) is 2. The first-order chi connectivity index (χ1) is 3.31. The molecular weight excluding hydrogens is 106 g/mol. The molecule has 0 spiro atoms. The zero-order valence-corrected chi connectivity index (χ0v) is 5.04. The van der Waals surface area contributed by atoms with Crippen molar-refractivity contribution >= 4 is 0 Å². The Bertz CT molecular complexity index is 41.4. The lowest BCUT2D eigenvalue weighted by Gasteiger charge is -2.01. The van der Waals surface area contributed by atoms with Crippen molar-refractivity contribution in [2.45, 2.75) is 25.9 Å². The topological polar surface area (TPSA) is 71.0 Å². The molecule has 49 valence electrons. The summed E-state index contributed by atoms with van der Waals surface area (Å²) in [6.45, 7) is 1.87. The molecule has 3 radical (unpaired) electrons. The van der Waals surface area contributed by atoms with Gasteiger partial charge in [0, 0.05) is 6.15 Å². The van der Waals surface area contributed by atoms with Gasteiger partial charge in [0.2, 0.25) is 0 Å². The quantitative estimate of drug-likeness (QED) is 0.532. The molecule has 0 amide bonds. The van der Waals surface area contributed by atoms with Gasteiger partial charge >= 0.3 is 0 Å². The Hall–Kier alpha value is -0.120. The Morgan fingerprint density at radius 3 is 2.12 bits per heavy atom. The highest BCUT2D eigenvalue weighted by atomic mass is 16.3. The Morgan fingerprint density at radius 2 is 2.00 bits per heavy atom. The first-order valence-electron chi connectivity index (χ1n) is 2.60. The maximum atomic E-state index is 8.61. The van der Waals surface area contributed by atoms with E-state index in [1.165, 1.54) is 0 Å². The standard InChI is InChI=1S/C5H12O2.N/c1-2-3-5(7)4-6;/h5-7H,2-4H2,1H3;. The predicted molar refractivity (Wildman–Crippen MR) is 30.1 cm³/mol. The van der Waals surface area contributed by atoms with E-state index in [1.54, 1.807) is 0 Å². The minimum absolute atomic E-state index is 0. The SMILES string of the molecule is CCCC(O)CO.[N]. The van der Waals surface area contributed by atoms with Gasteiger partial charge in [-0.3, -0.25) is 0 Å². The van der Waals surface area contributed by atoms with Gasteiger partial charge < -0.3 is 10.2 Å². The molecule has 0 aromatic carbocycles. The molecule has 0 heterocycles. The number of nitrogens with zero attached hydrogens (tertiary/aromatic N) is 1. The van der Waals surface area contributed by atoms with Crippen molar-refractivity contribution in [1.29, 1.82) is 0 Å². The van der Waals surface area contributed by atoms with Crippen LogP contribution in [0.3, 0.4) is 0 Å². The molecular formula is C5H12NO2. The molecule has 0 fully saturated rings. The minimum atomic E-state index is -0.495. The van der Waals surface area contributed by atoms with Gasteiger partial charge in [-0.2, -0.15) is 0 Å². The van der Waals surface area contributed by atoms with E-state index in [9.17, 15) is 0 Å². The van der Waals surface area contributed by atoms with Crippen molar-refractivity contribution in [1.82, 2.24) is 6.15 Å². The normalized spacial score (nSPS) is 12.4. The summed E-state index contributed by atoms with van der Waals surface area (Å²) in [5, 5.41) is 16.8. The average Bonchev–Trinajstić information content (AvgIpc) is 1.68. The van der Waals surface area contributed by atoms with Crippen LogP contribution in [0.15, 0.2) is 0 Å². The van der Waals surface area contributed by atoms with E-state index in [-0.39, 0.29) is 12.8 Å². The molecule has 2 N–H and O–H groups in total. The Kier molecular flexibility index (Phi) is 9.28. The average molecular weight is 118 g/mol. The lowest BCUT2D eigenvalue weighted by atomic mass is 10.2. The summed E-state index contributed by atoms with van der Waals surface area (Å²) in [6, 6.07) is 0. The van der Waals surface area contributed by atoms with Crippen LogP contribution in [-0.2, 0) is 0 Å². The third-order valence-corrected chi connectivity index (χ3v) is 0.833. The van der Waals surface area contributed by atoms with Crippen LogP contribution in [0.1, 0.15) is 19.8 Å². The van der Waals surface area contributed by atoms with Crippen LogP contribution in [0.2, 0.25) is 0 Å². The van der Waals surface area contributed by atoms with Gasteiger partial charge in [-0.1, -0.05) is 13.3 Å². The Labute approximate surface area is 49.9 Å². The van der Waals surface area contributed by atoms with Gasteiger partial charge in [0.15, 0.2) is 0 Å². The summed E-state index contributed by atoms with van der Waals surface area (Å²) in [5.41, 5.74) is 0. The Morgan fingerprint density at radius 1 is 1.50 bits per heavy atom. The fraction of sp³-hybridized carbons (Fsp3) is 1.00. The molecule has 0 rings (SSSR count). The second-order valence-electron chi connectivity index (χ2n) is 1.63. The monoisotopic (exact) mass is 118 g/mol. The van der Waals surface area contributed by atoms with Crippen molar-refractivity contribution in [2.75, 3.05) is 6.61 Å². The predicted octanol–water partition coefficient (Wildman–Crippen LogP) is -0.341. The first-order valence-corrected chi connectivity index (χ1v) is 2.60. The van der Waals surface area contributed by atoms with Crippen LogP contribution < -0.4 is 6.15 Å². The van der Waals surface area contributed by atoms with Gasteiger partial charge in [0.25, 0.3) is 0 Å². The lowest BCUT2D eigenvalue weighted by molar-refractivity contribution is 0.0877. The molecule has 3 heteroatoms. The van der Waals surface area contributed by atoms with Crippen LogP contribution in [-0.4, -0.2) is 22.9 Å². The molecule has 1 unspecified atom stereocenters. The molecule has 1 atom stereocenters. The molecule has 0 saturated heterocycles. The van der Waals surface area contributed by atoms with Crippen LogP contribution in [0.25, 0.3) is 0 Å². The fourth-order valence-electron chi connectivity index (χ4n) is 0.425. The van der Waals surface area contributed by atoms with E-state index in [2.05, 4.69) is 0 Å². The van der Waals surface area contributed by atoms with Crippen LogP contribution in [0.5, 0.6) is 0 Å².